The van der Waals surface area contributed by atoms with Gasteiger partial charge in [-0.25, -0.2) is 4.98 Å². The van der Waals surface area contributed by atoms with Gasteiger partial charge in [0.05, 0.1) is 17.1 Å². The van der Waals surface area contributed by atoms with E-state index >= 15 is 0 Å². The molecule has 2 heterocycles. The molecule has 0 aliphatic carbocycles. The lowest BCUT2D eigenvalue weighted by Gasteiger charge is -2.18. The average Bonchev–Trinajstić information content (AvgIpc) is 3.17. The maximum absolute atomic E-state index is 12.3. The van der Waals surface area contributed by atoms with Crippen LogP contribution in [0.3, 0.4) is 0 Å². The lowest BCUT2D eigenvalue weighted by Crippen LogP contribution is -2.34. The third kappa shape index (κ3) is 4.37. The quantitative estimate of drug-likeness (QED) is 0.688. The number of amides is 1. The minimum absolute atomic E-state index is 0.124. The zero-order chi connectivity index (χ0) is 17.8. The number of fused-ring (bicyclic) bond motifs is 1. The second kappa shape index (κ2) is 7.38. The van der Waals surface area contributed by atoms with Gasteiger partial charge in [-0.3, -0.25) is 4.79 Å². The van der Waals surface area contributed by atoms with Crippen molar-refractivity contribution in [2.75, 3.05) is 6.61 Å². The highest BCUT2D eigenvalue weighted by molar-refractivity contribution is 5.78. The fourth-order valence-electron chi connectivity index (χ4n) is 2.63. The monoisotopic (exact) mass is 342 g/mol. The van der Waals surface area contributed by atoms with Crippen LogP contribution in [0.1, 0.15) is 37.9 Å². The van der Waals surface area contributed by atoms with Gasteiger partial charge in [0.1, 0.15) is 11.6 Å². The molecule has 1 amide bonds. The number of aromatic nitrogens is 3. The number of nitrogens with zero attached hydrogens (tertiary/aromatic N) is 2. The molecule has 1 atom stereocenters. The van der Waals surface area contributed by atoms with Crippen molar-refractivity contribution in [1.29, 1.82) is 0 Å². The standard InChI is InChI=1S/C18H22N4O3/c1-11(2)8-15(18-20-13-6-4-5-7-14(13)21-18)19-16(23)10-24-17-9-12(3)25-22-17/h4-7,9,11,15H,8,10H2,1-3H3,(H,19,23)(H,20,21)/t15-/m0/s1. The SMILES string of the molecule is Cc1cc(OCC(=O)N[C@@H](CC(C)C)c2nc3ccccc3[nH]2)no1. The summed E-state index contributed by atoms with van der Waals surface area (Å²) in [7, 11) is 0. The van der Waals surface area contributed by atoms with E-state index in [2.05, 4.69) is 34.3 Å². The Hall–Kier alpha value is -2.83. The van der Waals surface area contributed by atoms with E-state index in [-0.39, 0.29) is 18.6 Å². The van der Waals surface area contributed by atoms with Crippen LogP contribution < -0.4 is 10.1 Å². The Bertz CT molecular complexity index is 820. The van der Waals surface area contributed by atoms with E-state index in [0.717, 1.165) is 23.3 Å². The number of ether oxygens (including phenoxy) is 1. The van der Waals surface area contributed by atoms with Gasteiger partial charge < -0.3 is 19.6 Å². The number of carbonyl (C=O) groups is 1. The first-order valence-electron chi connectivity index (χ1n) is 8.31. The molecule has 3 aromatic rings. The fourth-order valence-corrected chi connectivity index (χ4v) is 2.63. The predicted octanol–water partition coefficient (Wildman–Crippen LogP) is 3.14. The number of benzene rings is 1. The van der Waals surface area contributed by atoms with E-state index in [4.69, 9.17) is 9.26 Å². The number of hydrogen-bond acceptors (Lipinski definition) is 5. The van der Waals surface area contributed by atoms with Crippen molar-refractivity contribution in [3.8, 4) is 5.88 Å². The van der Waals surface area contributed by atoms with Crippen LogP contribution in [0.15, 0.2) is 34.9 Å². The fraction of sp³-hybridized carbons (Fsp3) is 0.389. The lowest BCUT2D eigenvalue weighted by atomic mass is 10.0. The summed E-state index contributed by atoms with van der Waals surface area (Å²) in [6, 6.07) is 9.24. The van der Waals surface area contributed by atoms with Gasteiger partial charge in [-0.1, -0.05) is 26.0 Å². The Morgan fingerprint density at radius 1 is 1.36 bits per heavy atom. The number of H-pyrrole nitrogens is 1. The zero-order valence-corrected chi connectivity index (χ0v) is 14.6. The van der Waals surface area contributed by atoms with E-state index < -0.39 is 0 Å². The van der Waals surface area contributed by atoms with E-state index in [1.807, 2.05) is 24.3 Å². The first-order valence-corrected chi connectivity index (χ1v) is 8.31. The molecule has 0 saturated carbocycles. The molecule has 1 aromatic carbocycles. The van der Waals surface area contributed by atoms with Gasteiger partial charge in [0, 0.05) is 6.07 Å². The second-order valence-corrected chi connectivity index (χ2v) is 6.45. The van der Waals surface area contributed by atoms with Crippen molar-refractivity contribution in [3.63, 3.8) is 0 Å². The predicted molar refractivity (Wildman–Crippen MR) is 93.2 cm³/mol. The minimum Gasteiger partial charge on any atom is -0.465 e. The number of hydrogen-bond donors (Lipinski definition) is 2. The molecule has 3 rings (SSSR count). The Morgan fingerprint density at radius 2 is 2.16 bits per heavy atom. The summed E-state index contributed by atoms with van der Waals surface area (Å²) in [5.41, 5.74) is 1.84. The average molecular weight is 342 g/mol. The summed E-state index contributed by atoms with van der Waals surface area (Å²) in [5, 5.41) is 6.69. The van der Waals surface area contributed by atoms with Gasteiger partial charge in [0.15, 0.2) is 6.61 Å². The maximum Gasteiger partial charge on any atom is 0.258 e. The summed E-state index contributed by atoms with van der Waals surface area (Å²) < 4.78 is 10.3. The summed E-state index contributed by atoms with van der Waals surface area (Å²) in [6.45, 7) is 5.86. The van der Waals surface area contributed by atoms with Crippen LogP contribution in [-0.4, -0.2) is 27.6 Å². The van der Waals surface area contributed by atoms with Crippen LogP contribution in [0, 0.1) is 12.8 Å². The maximum atomic E-state index is 12.3. The smallest absolute Gasteiger partial charge is 0.258 e. The molecule has 0 radical (unpaired) electrons. The Kier molecular flexibility index (Phi) is 5.02. The molecule has 2 aromatic heterocycles. The topological polar surface area (TPSA) is 93.0 Å². The molecule has 0 unspecified atom stereocenters. The number of imidazole rings is 1. The van der Waals surface area contributed by atoms with Crippen LogP contribution >= 0.6 is 0 Å². The molecule has 132 valence electrons. The van der Waals surface area contributed by atoms with Crippen molar-refractivity contribution in [3.05, 3.63) is 41.9 Å². The summed E-state index contributed by atoms with van der Waals surface area (Å²) in [6.07, 6.45) is 0.772. The number of aryl methyl sites for hydroxylation is 1. The molecular formula is C18H22N4O3. The summed E-state index contributed by atoms with van der Waals surface area (Å²) >= 11 is 0. The van der Waals surface area contributed by atoms with Crippen LogP contribution in [0.4, 0.5) is 0 Å². The first-order chi connectivity index (χ1) is 12.0. The molecule has 2 N–H and O–H groups in total. The molecule has 25 heavy (non-hydrogen) atoms. The molecule has 7 heteroatoms. The van der Waals surface area contributed by atoms with Crippen LogP contribution in [0.25, 0.3) is 11.0 Å². The largest absolute Gasteiger partial charge is 0.465 e. The molecule has 7 nitrogen and oxygen atoms in total. The van der Waals surface area contributed by atoms with Gasteiger partial charge in [0.25, 0.3) is 11.8 Å². The highest BCUT2D eigenvalue weighted by Gasteiger charge is 2.20. The molecule has 0 saturated heterocycles. The normalized spacial score (nSPS) is 12.5. The van der Waals surface area contributed by atoms with Gasteiger partial charge in [0.2, 0.25) is 0 Å². The lowest BCUT2D eigenvalue weighted by molar-refractivity contribution is -0.124. The van der Waals surface area contributed by atoms with Crippen molar-refractivity contribution >= 4 is 16.9 Å². The van der Waals surface area contributed by atoms with E-state index in [0.29, 0.717) is 17.6 Å². The van der Waals surface area contributed by atoms with E-state index in [1.165, 1.54) is 0 Å². The molecule has 0 spiro atoms. The Labute approximate surface area is 145 Å². The molecule has 0 aliphatic heterocycles. The summed E-state index contributed by atoms with van der Waals surface area (Å²) in [4.78, 5) is 20.2. The number of para-hydroxylation sites is 2. The third-order valence-corrected chi connectivity index (χ3v) is 3.74. The Morgan fingerprint density at radius 3 is 2.84 bits per heavy atom. The van der Waals surface area contributed by atoms with Crippen molar-refractivity contribution < 1.29 is 14.1 Å². The van der Waals surface area contributed by atoms with E-state index in [9.17, 15) is 4.79 Å². The first kappa shape index (κ1) is 17.0. The molecule has 0 fully saturated rings. The number of carbonyl (C=O) groups excluding carboxylic acids is 1. The van der Waals surface area contributed by atoms with Crippen LogP contribution in [0.2, 0.25) is 0 Å². The van der Waals surface area contributed by atoms with Crippen LogP contribution in [-0.2, 0) is 4.79 Å². The van der Waals surface area contributed by atoms with E-state index in [1.54, 1.807) is 13.0 Å². The molecule has 0 aliphatic rings. The second-order valence-electron chi connectivity index (χ2n) is 6.45. The van der Waals surface area contributed by atoms with Gasteiger partial charge >= 0.3 is 0 Å². The van der Waals surface area contributed by atoms with Gasteiger partial charge in [-0.2, -0.15) is 0 Å². The summed E-state index contributed by atoms with van der Waals surface area (Å²) in [5.74, 6) is 1.86. The Balaban J connectivity index is 1.68. The van der Waals surface area contributed by atoms with Gasteiger partial charge in [-0.15, -0.1) is 0 Å². The minimum atomic E-state index is -0.230. The number of rotatable bonds is 7. The number of nitrogens with one attached hydrogen (secondary N) is 2. The molecule has 0 bridgehead atoms. The van der Waals surface area contributed by atoms with Crippen LogP contribution in [0.5, 0.6) is 5.88 Å². The third-order valence-electron chi connectivity index (χ3n) is 3.74. The van der Waals surface area contributed by atoms with Gasteiger partial charge in [-0.05, 0) is 36.6 Å². The molecular weight excluding hydrogens is 320 g/mol. The van der Waals surface area contributed by atoms with Crippen molar-refractivity contribution in [2.45, 2.75) is 33.2 Å². The highest BCUT2D eigenvalue weighted by atomic mass is 16.5. The highest BCUT2D eigenvalue weighted by Crippen LogP contribution is 2.22. The van der Waals surface area contributed by atoms with Crippen molar-refractivity contribution in [1.82, 2.24) is 20.4 Å². The van der Waals surface area contributed by atoms with Crippen molar-refractivity contribution in [2.24, 2.45) is 5.92 Å². The zero-order valence-electron chi connectivity index (χ0n) is 14.6. The number of aromatic amines is 1.